The van der Waals surface area contributed by atoms with E-state index in [4.69, 9.17) is 15.3 Å². The first-order chi connectivity index (χ1) is 2.56. The van der Waals surface area contributed by atoms with Gasteiger partial charge in [0.05, 0.1) is 0 Å². The van der Waals surface area contributed by atoms with Gasteiger partial charge >= 0.3 is 0 Å². The molecule has 0 fully saturated rings. The van der Waals surface area contributed by atoms with Crippen molar-refractivity contribution in [3.8, 4) is 0 Å². The van der Waals surface area contributed by atoms with E-state index in [0.29, 0.717) is 0 Å². The van der Waals surface area contributed by atoms with Crippen molar-refractivity contribution >= 4 is 11.6 Å². The van der Waals surface area contributed by atoms with Crippen LogP contribution in [0.5, 0.6) is 0 Å². The van der Waals surface area contributed by atoms with Crippen LogP contribution in [0.2, 0.25) is 0 Å². The van der Waals surface area contributed by atoms with Crippen LogP contribution in [-0.4, -0.2) is 27.2 Å². The van der Waals surface area contributed by atoms with Crippen LogP contribution in [-0.2, 0) is 0 Å². The molecule has 6 heavy (non-hydrogen) atoms. The van der Waals surface area contributed by atoms with Gasteiger partial charge in [0.2, 0.25) is 0 Å². The van der Waals surface area contributed by atoms with E-state index in [1.54, 1.807) is 0 Å². The maximum Gasteiger partial charge on any atom is 0.267 e. The van der Waals surface area contributed by atoms with Crippen molar-refractivity contribution in [1.29, 1.82) is 0 Å². The minimum Gasteiger partial charge on any atom is -0.389 e. The predicted molar refractivity (Wildman–Crippen MR) is 20.1 cm³/mol. The summed E-state index contributed by atoms with van der Waals surface area (Å²) in [6, 6.07) is 0. The van der Waals surface area contributed by atoms with E-state index < -0.39 is 11.9 Å². The topological polar surface area (TPSA) is 60.7 Å². The molecule has 0 aliphatic rings. The third-order valence-corrected chi connectivity index (χ3v) is 0.321. The lowest BCUT2D eigenvalue weighted by Crippen LogP contribution is -2.23. The first-order valence-corrected chi connectivity index (χ1v) is 1.68. The number of alkyl halides is 1. The number of rotatable bonds is 1. The van der Waals surface area contributed by atoms with Crippen molar-refractivity contribution in [3.63, 3.8) is 0 Å². The second-order valence-electron chi connectivity index (χ2n) is 0.877. The predicted octanol–water partition coefficient (Wildman–Crippen LogP) is -1.14. The van der Waals surface area contributed by atoms with E-state index >= 15 is 0 Å². The Balaban J connectivity index is 3.17. The summed E-state index contributed by atoms with van der Waals surface area (Å²) in [5, 5.41) is 21.1. The Labute approximate surface area is 39.8 Å². The monoisotopic (exact) mass is 112 g/mol. The molecule has 0 saturated carbocycles. The second-order valence-corrected chi connectivity index (χ2v) is 1.48. The van der Waals surface area contributed by atoms with Gasteiger partial charge < -0.3 is 15.3 Å². The van der Waals surface area contributed by atoms with Crippen molar-refractivity contribution < 1.29 is 15.3 Å². The summed E-state index contributed by atoms with van der Waals surface area (Å²) in [4.78, 5) is 0. The molecule has 0 radical (unpaired) electrons. The summed E-state index contributed by atoms with van der Waals surface area (Å²) < 4.78 is 0. The average molecular weight is 113 g/mol. The lowest BCUT2D eigenvalue weighted by molar-refractivity contribution is -0.116. The molecule has 3 N–H and O–H groups in total. The zero-order valence-corrected chi connectivity index (χ0v) is 3.68. The standard InChI is InChI=1S/C2H5ClO3/c3-2(5,6)1-4/h4-6H,1H2. The van der Waals surface area contributed by atoms with Crippen LogP contribution in [0.4, 0.5) is 0 Å². The molecule has 0 aromatic rings. The number of aliphatic hydroxyl groups excluding tert-OH is 1. The molecule has 0 aliphatic heterocycles. The number of hydrogen-bond acceptors (Lipinski definition) is 3. The van der Waals surface area contributed by atoms with Crippen molar-refractivity contribution in [3.05, 3.63) is 0 Å². The molecular weight excluding hydrogens is 107 g/mol. The Morgan fingerprint density at radius 1 is 1.50 bits per heavy atom. The zero-order valence-electron chi connectivity index (χ0n) is 2.93. The Morgan fingerprint density at radius 3 is 1.67 bits per heavy atom. The molecule has 0 amide bonds. The fraction of sp³-hybridized carbons (Fsp3) is 1.00. The van der Waals surface area contributed by atoms with Gasteiger partial charge in [0.15, 0.2) is 0 Å². The lowest BCUT2D eigenvalue weighted by Gasteiger charge is -2.05. The molecule has 0 unspecified atom stereocenters. The molecule has 0 spiro atoms. The molecule has 0 aliphatic carbocycles. The van der Waals surface area contributed by atoms with Crippen molar-refractivity contribution in [2.75, 3.05) is 6.61 Å². The Bertz CT molecular complexity index is 38.5. The fourth-order valence-electron chi connectivity index (χ4n) is 0. The Kier molecular flexibility index (Phi) is 1.80. The third kappa shape index (κ3) is 4.17. The number of halogens is 1. The van der Waals surface area contributed by atoms with Gasteiger partial charge in [-0.15, -0.1) is 0 Å². The summed E-state index contributed by atoms with van der Waals surface area (Å²) in [6.07, 6.45) is 0. The normalized spacial score (nSPS) is 12.0. The first-order valence-electron chi connectivity index (χ1n) is 1.31. The lowest BCUT2D eigenvalue weighted by atomic mass is 10.7. The summed E-state index contributed by atoms with van der Waals surface area (Å²) >= 11 is 4.58. The van der Waals surface area contributed by atoms with Crippen LogP contribution in [0, 0.1) is 0 Å². The maximum atomic E-state index is 7.90. The fourth-order valence-corrected chi connectivity index (χ4v) is 0. The minimum absolute atomic E-state index is 0.853. The third-order valence-electron chi connectivity index (χ3n) is 0.201. The van der Waals surface area contributed by atoms with Gasteiger partial charge in [-0.05, 0) is 0 Å². The maximum absolute atomic E-state index is 7.90. The van der Waals surface area contributed by atoms with Gasteiger partial charge in [0.1, 0.15) is 6.61 Å². The molecule has 0 heterocycles. The van der Waals surface area contributed by atoms with Gasteiger partial charge in [-0.1, -0.05) is 11.6 Å². The highest BCUT2D eigenvalue weighted by atomic mass is 35.5. The van der Waals surface area contributed by atoms with Gasteiger partial charge in [0.25, 0.3) is 5.25 Å². The molecule has 4 heteroatoms. The molecule has 0 saturated heterocycles. The largest absolute Gasteiger partial charge is 0.389 e. The summed E-state index contributed by atoms with van der Waals surface area (Å²) in [6.45, 7) is -0.853. The Hall–Kier alpha value is 0.170. The van der Waals surface area contributed by atoms with Gasteiger partial charge in [0, 0.05) is 0 Å². The van der Waals surface area contributed by atoms with E-state index in [2.05, 4.69) is 11.6 Å². The van der Waals surface area contributed by atoms with Crippen LogP contribution in [0.1, 0.15) is 0 Å². The molecule has 38 valence electrons. The second kappa shape index (κ2) is 1.75. The summed E-state index contributed by atoms with van der Waals surface area (Å²) in [5.74, 6) is 0. The molecular formula is C2H5ClO3. The van der Waals surface area contributed by atoms with Crippen LogP contribution < -0.4 is 0 Å². The van der Waals surface area contributed by atoms with Crippen molar-refractivity contribution in [2.45, 2.75) is 5.25 Å². The number of hydrogen-bond donors (Lipinski definition) is 3. The SMILES string of the molecule is OCC(O)(O)Cl. The quantitative estimate of drug-likeness (QED) is 0.297. The smallest absolute Gasteiger partial charge is 0.267 e. The zero-order chi connectivity index (χ0) is 5.21. The average Bonchev–Trinajstić information content (AvgIpc) is 1.35. The molecule has 0 bridgehead atoms. The van der Waals surface area contributed by atoms with Crippen molar-refractivity contribution in [2.24, 2.45) is 0 Å². The van der Waals surface area contributed by atoms with Crippen LogP contribution >= 0.6 is 11.6 Å². The van der Waals surface area contributed by atoms with E-state index in [1.807, 2.05) is 0 Å². The molecule has 0 atom stereocenters. The van der Waals surface area contributed by atoms with E-state index in [9.17, 15) is 0 Å². The van der Waals surface area contributed by atoms with Crippen LogP contribution in [0.25, 0.3) is 0 Å². The van der Waals surface area contributed by atoms with E-state index in [-0.39, 0.29) is 0 Å². The van der Waals surface area contributed by atoms with Gasteiger partial charge in [-0.2, -0.15) is 0 Å². The van der Waals surface area contributed by atoms with Crippen molar-refractivity contribution in [1.82, 2.24) is 0 Å². The molecule has 0 aromatic carbocycles. The highest BCUT2D eigenvalue weighted by Gasteiger charge is 2.14. The van der Waals surface area contributed by atoms with Gasteiger partial charge in [-0.25, -0.2) is 0 Å². The highest BCUT2D eigenvalue weighted by Crippen LogP contribution is 2.00. The summed E-state index contributed by atoms with van der Waals surface area (Å²) in [7, 11) is 0. The Morgan fingerprint density at radius 2 is 1.67 bits per heavy atom. The van der Waals surface area contributed by atoms with Gasteiger partial charge in [-0.3, -0.25) is 0 Å². The van der Waals surface area contributed by atoms with E-state index in [0.717, 1.165) is 0 Å². The molecule has 0 aromatic heterocycles. The number of aliphatic hydroxyl groups is 3. The van der Waals surface area contributed by atoms with Crippen LogP contribution in [0.3, 0.4) is 0 Å². The molecule has 0 rings (SSSR count). The highest BCUT2D eigenvalue weighted by molar-refractivity contribution is 6.21. The summed E-state index contributed by atoms with van der Waals surface area (Å²) in [5.41, 5.74) is 0. The minimum atomic E-state index is -2.43. The van der Waals surface area contributed by atoms with Crippen LogP contribution in [0.15, 0.2) is 0 Å². The first kappa shape index (κ1) is 6.17. The molecule has 3 nitrogen and oxygen atoms in total. The van der Waals surface area contributed by atoms with E-state index in [1.165, 1.54) is 0 Å².